The third-order valence-corrected chi connectivity index (χ3v) is 3.73. The van der Waals surface area contributed by atoms with E-state index in [0.717, 1.165) is 26.2 Å². The summed E-state index contributed by atoms with van der Waals surface area (Å²) < 4.78 is 40.9. The summed E-state index contributed by atoms with van der Waals surface area (Å²) in [4.78, 5) is 4.34. The lowest BCUT2D eigenvalue weighted by Gasteiger charge is -2.36. The summed E-state index contributed by atoms with van der Waals surface area (Å²) >= 11 is 0. The molecule has 0 amide bonds. The van der Waals surface area contributed by atoms with Gasteiger partial charge in [0.15, 0.2) is 12.4 Å². The average Bonchev–Trinajstić information content (AvgIpc) is 2.61. The second kappa shape index (κ2) is 6.94. The molecular formula is C16H17F3N4O. The maximum absolute atomic E-state index is 12.1. The lowest BCUT2D eigenvalue weighted by Crippen LogP contribution is -2.46. The van der Waals surface area contributed by atoms with Gasteiger partial charge >= 0.3 is 6.18 Å². The molecule has 1 aromatic heterocycles. The fourth-order valence-electron chi connectivity index (χ4n) is 2.55. The van der Waals surface area contributed by atoms with Gasteiger partial charge in [-0.25, -0.2) is 0 Å². The molecule has 2 aromatic rings. The van der Waals surface area contributed by atoms with Gasteiger partial charge in [-0.15, -0.1) is 10.2 Å². The number of ether oxygens (including phenoxy) is 1. The van der Waals surface area contributed by atoms with Gasteiger partial charge in [0, 0.05) is 37.9 Å². The smallest absolute Gasteiger partial charge is 0.422 e. The first-order valence-corrected chi connectivity index (χ1v) is 7.59. The van der Waals surface area contributed by atoms with Gasteiger partial charge < -0.3 is 14.5 Å². The molecule has 0 unspecified atom stereocenters. The molecule has 24 heavy (non-hydrogen) atoms. The predicted octanol–water partition coefficient (Wildman–Crippen LogP) is 2.74. The van der Waals surface area contributed by atoms with Gasteiger partial charge in [-0.3, -0.25) is 0 Å². The van der Waals surface area contributed by atoms with Gasteiger partial charge in [0.2, 0.25) is 5.88 Å². The van der Waals surface area contributed by atoms with Crippen molar-refractivity contribution < 1.29 is 17.9 Å². The van der Waals surface area contributed by atoms with Gasteiger partial charge in [-0.2, -0.15) is 13.2 Å². The Morgan fingerprint density at radius 3 is 2.12 bits per heavy atom. The van der Waals surface area contributed by atoms with E-state index in [0.29, 0.717) is 5.82 Å². The molecule has 0 radical (unpaired) electrons. The first kappa shape index (κ1) is 16.4. The second-order valence-electron chi connectivity index (χ2n) is 5.44. The van der Waals surface area contributed by atoms with E-state index >= 15 is 0 Å². The number of para-hydroxylation sites is 1. The summed E-state index contributed by atoms with van der Waals surface area (Å²) in [5.41, 5.74) is 1.18. The fraction of sp³-hybridized carbons (Fsp3) is 0.375. The van der Waals surface area contributed by atoms with Crippen LogP contribution in [0.15, 0.2) is 42.5 Å². The molecule has 1 fully saturated rings. The van der Waals surface area contributed by atoms with Crippen LogP contribution in [0.1, 0.15) is 0 Å². The number of anilines is 2. The molecule has 0 saturated carbocycles. The van der Waals surface area contributed by atoms with E-state index in [-0.39, 0.29) is 5.88 Å². The zero-order chi connectivity index (χ0) is 17.0. The topological polar surface area (TPSA) is 41.5 Å². The van der Waals surface area contributed by atoms with Crippen molar-refractivity contribution >= 4 is 11.5 Å². The van der Waals surface area contributed by atoms with Gasteiger partial charge in [0.1, 0.15) is 0 Å². The number of benzene rings is 1. The van der Waals surface area contributed by atoms with Crippen LogP contribution in [0.4, 0.5) is 24.7 Å². The summed E-state index contributed by atoms with van der Waals surface area (Å²) in [6.07, 6.45) is -4.38. The summed E-state index contributed by atoms with van der Waals surface area (Å²) in [7, 11) is 0. The number of rotatable bonds is 4. The van der Waals surface area contributed by atoms with Crippen LogP contribution < -0.4 is 14.5 Å². The van der Waals surface area contributed by atoms with Crippen LogP contribution in [0, 0.1) is 0 Å². The van der Waals surface area contributed by atoms with Crippen LogP contribution in [0.3, 0.4) is 0 Å². The normalized spacial score (nSPS) is 15.5. The zero-order valence-corrected chi connectivity index (χ0v) is 12.9. The molecule has 0 N–H and O–H groups in total. The van der Waals surface area contributed by atoms with Crippen molar-refractivity contribution in [3.8, 4) is 5.88 Å². The fourth-order valence-corrected chi connectivity index (χ4v) is 2.55. The molecule has 2 heterocycles. The largest absolute Gasteiger partial charge is 0.467 e. The molecule has 1 saturated heterocycles. The Bertz CT molecular complexity index is 641. The SMILES string of the molecule is FC(F)(F)COc1ccc(N2CCN(c3ccccc3)CC2)nn1. The Labute approximate surface area is 137 Å². The highest BCUT2D eigenvalue weighted by Gasteiger charge is 2.28. The minimum absolute atomic E-state index is 0.126. The minimum Gasteiger partial charge on any atom is -0.467 e. The quantitative estimate of drug-likeness (QED) is 0.857. The summed E-state index contributed by atoms with van der Waals surface area (Å²) in [6.45, 7) is 1.87. The molecule has 3 rings (SSSR count). The molecular weight excluding hydrogens is 321 g/mol. The highest BCUT2D eigenvalue weighted by atomic mass is 19.4. The predicted molar refractivity (Wildman–Crippen MR) is 84.5 cm³/mol. The van der Waals surface area contributed by atoms with Crippen LogP contribution in [-0.2, 0) is 0 Å². The Hall–Kier alpha value is -2.51. The Balaban J connectivity index is 1.55. The number of aromatic nitrogens is 2. The van der Waals surface area contributed by atoms with Crippen LogP contribution in [-0.4, -0.2) is 49.2 Å². The first-order chi connectivity index (χ1) is 11.5. The van der Waals surface area contributed by atoms with E-state index in [1.54, 1.807) is 6.07 Å². The Kier molecular flexibility index (Phi) is 4.73. The zero-order valence-electron chi connectivity index (χ0n) is 12.9. The maximum Gasteiger partial charge on any atom is 0.422 e. The van der Waals surface area contributed by atoms with Gasteiger partial charge in [-0.05, 0) is 18.2 Å². The molecule has 5 nitrogen and oxygen atoms in total. The minimum atomic E-state index is -4.38. The molecule has 128 valence electrons. The number of hydrogen-bond donors (Lipinski definition) is 0. The highest BCUT2D eigenvalue weighted by molar-refractivity contribution is 5.49. The van der Waals surface area contributed by atoms with Crippen molar-refractivity contribution in [1.82, 2.24) is 10.2 Å². The summed E-state index contributed by atoms with van der Waals surface area (Å²) in [6, 6.07) is 13.2. The van der Waals surface area contributed by atoms with Crippen LogP contribution in [0.2, 0.25) is 0 Å². The van der Waals surface area contributed by atoms with Gasteiger partial charge in [0.25, 0.3) is 0 Å². The first-order valence-electron chi connectivity index (χ1n) is 7.59. The Morgan fingerprint density at radius 1 is 0.875 bits per heavy atom. The van der Waals surface area contributed by atoms with Crippen LogP contribution in [0.25, 0.3) is 0 Å². The number of halogens is 3. The van der Waals surface area contributed by atoms with Crippen molar-refractivity contribution in [3.63, 3.8) is 0 Å². The third-order valence-electron chi connectivity index (χ3n) is 3.73. The average molecular weight is 338 g/mol. The number of alkyl halides is 3. The van der Waals surface area contributed by atoms with E-state index in [1.165, 1.54) is 11.8 Å². The number of piperazine rings is 1. The molecule has 1 aliphatic heterocycles. The molecule has 1 aromatic carbocycles. The molecule has 0 aliphatic carbocycles. The molecule has 0 bridgehead atoms. The molecule has 0 atom stereocenters. The van der Waals surface area contributed by atoms with Crippen LogP contribution >= 0.6 is 0 Å². The van der Waals surface area contributed by atoms with Crippen molar-refractivity contribution in [1.29, 1.82) is 0 Å². The maximum atomic E-state index is 12.1. The molecule has 1 aliphatic rings. The highest BCUT2D eigenvalue weighted by Crippen LogP contribution is 2.20. The van der Waals surface area contributed by atoms with E-state index in [4.69, 9.17) is 0 Å². The standard InChI is InChI=1S/C16H17F3N4O/c17-16(18,19)12-24-15-7-6-14(20-21-15)23-10-8-22(9-11-23)13-4-2-1-3-5-13/h1-7H,8-12H2. The summed E-state index contributed by atoms with van der Waals surface area (Å²) in [5, 5.41) is 7.67. The van der Waals surface area contributed by atoms with Crippen molar-refractivity contribution in [2.45, 2.75) is 6.18 Å². The lowest BCUT2D eigenvalue weighted by molar-refractivity contribution is -0.154. The van der Waals surface area contributed by atoms with Crippen molar-refractivity contribution in [2.75, 3.05) is 42.6 Å². The van der Waals surface area contributed by atoms with E-state index in [9.17, 15) is 13.2 Å². The van der Waals surface area contributed by atoms with Crippen LogP contribution in [0.5, 0.6) is 5.88 Å². The number of hydrogen-bond acceptors (Lipinski definition) is 5. The molecule has 0 spiro atoms. The van der Waals surface area contributed by atoms with E-state index in [2.05, 4.69) is 36.9 Å². The lowest BCUT2D eigenvalue weighted by atomic mass is 10.2. The van der Waals surface area contributed by atoms with E-state index < -0.39 is 12.8 Å². The third kappa shape index (κ3) is 4.27. The van der Waals surface area contributed by atoms with Gasteiger partial charge in [-0.1, -0.05) is 18.2 Å². The van der Waals surface area contributed by atoms with Crippen molar-refractivity contribution in [2.24, 2.45) is 0 Å². The summed E-state index contributed by atoms with van der Waals surface area (Å²) in [5.74, 6) is 0.515. The number of nitrogens with zero attached hydrogens (tertiary/aromatic N) is 4. The Morgan fingerprint density at radius 2 is 1.54 bits per heavy atom. The van der Waals surface area contributed by atoms with E-state index in [1.807, 2.05) is 18.2 Å². The monoisotopic (exact) mass is 338 g/mol. The van der Waals surface area contributed by atoms with Gasteiger partial charge in [0.05, 0.1) is 0 Å². The second-order valence-corrected chi connectivity index (χ2v) is 5.44. The molecule has 8 heteroatoms. The van der Waals surface area contributed by atoms with Crippen molar-refractivity contribution in [3.05, 3.63) is 42.5 Å².